The van der Waals surface area contributed by atoms with E-state index >= 15 is 0 Å². The Hall–Kier alpha value is -6.71. The predicted molar refractivity (Wildman–Crippen MR) is 208 cm³/mol. The molecule has 0 amide bonds. The third-order valence-corrected chi connectivity index (χ3v) is 9.81. The summed E-state index contributed by atoms with van der Waals surface area (Å²) in [5.74, 6) is 0.854. The van der Waals surface area contributed by atoms with Gasteiger partial charge in [0.1, 0.15) is 17.0 Å². The fourth-order valence-electron chi connectivity index (χ4n) is 7.41. The summed E-state index contributed by atoms with van der Waals surface area (Å²) in [5.41, 5.74) is 12.8. The zero-order valence-corrected chi connectivity index (χ0v) is 27.1. The summed E-state index contributed by atoms with van der Waals surface area (Å²) in [7, 11) is 0. The van der Waals surface area contributed by atoms with Crippen molar-refractivity contribution < 1.29 is 4.42 Å². The van der Waals surface area contributed by atoms with Crippen LogP contribution in [0.5, 0.6) is 0 Å². The van der Waals surface area contributed by atoms with E-state index in [9.17, 15) is 0 Å². The number of pyridine rings is 1. The molecule has 3 aromatic heterocycles. The summed E-state index contributed by atoms with van der Waals surface area (Å²) in [6.45, 7) is 0. The number of furan rings is 1. The smallest absolute Gasteiger partial charge is 0.143 e. The topological polar surface area (TPSA) is 31.0 Å². The van der Waals surface area contributed by atoms with Gasteiger partial charge in [-0.2, -0.15) is 0 Å². The van der Waals surface area contributed by atoms with Gasteiger partial charge in [-0.3, -0.25) is 4.57 Å². The Bertz CT molecular complexity index is 2850. The lowest BCUT2D eigenvalue weighted by Crippen LogP contribution is -2.00. The van der Waals surface area contributed by atoms with E-state index in [1.807, 2.05) is 18.2 Å². The van der Waals surface area contributed by atoms with Crippen LogP contribution in [-0.4, -0.2) is 9.55 Å². The van der Waals surface area contributed by atoms with Gasteiger partial charge in [0, 0.05) is 32.7 Å². The molecule has 0 atom stereocenters. The average Bonchev–Trinajstić information content (AvgIpc) is 3.74. The number of aromatic nitrogens is 2. The highest BCUT2D eigenvalue weighted by atomic mass is 16.3. The van der Waals surface area contributed by atoms with Crippen molar-refractivity contribution in [1.82, 2.24) is 9.55 Å². The largest absolute Gasteiger partial charge is 0.455 e. The van der Waals surface area contributed by atoms with E-state index in [-0.39, 0.29) is 0 Å². The second kappa shape index (κ2) is 11.5. The van der Waals surface area contributed by atoms with Crippen LogP contribution in [-0.2, 0) is 0 Å². The minimum atomic E-state index is 0.854. The van der Waals surface area contributed by atoms with Gasteiger partial charge >= 0.3 is 0 Å². The van der Waals surface area contributed by atoms with Crippen LogP contribution in [0.2, 0.25) is 0 Å². The molecule has 0 N–H and O–H groups in total. The standard InChI is InChI=1S/C47H30N2O/c1-4-13-31(14-5-1)34-24-26-43-41(27-34)38-25-23-35(32-15-6-2-7-16-32)29-44(38)49(43)46-30-36(28-42(48-46)33-17-8-3-9-18-33)37-20-12-21-40-39-19-10-11-22-45(39)50-47(37)40/h1-30H. The molecule has 0 aliphatic rings. The first-order valence-corrected chi connectivity index (χ1v) is 17.0. The molecule has 0 aliphatic heterocycles. The Balaban J connectivity index is 1.28. The molecule has 10 aromatic rings. The van der Waals surface area contributed by atoms with Crippen LogP contribution in [0, 0.1) is 0 Å². The van der Waals surface area contributed by atoms with Gasteiger partial charge in [0.15, 0.2) is 0 Å². The molecule has 0 radical (unpaired) electrons. The number of nitrogens with zero attached hydrogens (tertiary/aromatic N) is 2. The van der Waals surface area contributed by atoms with Crippen LogP contribution in [0.4, 0.5) is 0 Å². The summed E-state index contributed by atoms with van der Waals surface area (Å²) in [5, 5.41) is 4.60. The van der Waals surface area contributed by atoms with Crippen molar-refractivity contribution in [2.45, 2.75) is 0 Å². The number of benzene rings is 7. The number of para-hydroxylation sites is 2. The second-order valence-corrected chi connectivity index (χ2v) is 12.8. The van der Waals surface area contributed by atoms with Gasteiger partial charge in [0.2, 0.25) is 0 Å². The summed E-state index contributed by atoms with van der Waals surface area (Å²) in [6.07, 6.45) is 0. The highest BCUT2D eigenvalue weighted by Crippen LogP contribution is 2.40. The van der Waals surface area contributed by atoms with Gasteiger partial charge in [-0.15, -0.1) is 0 Å². The molecule has 50 heavy (non-hydrogen) atoms. The van der Waals surface area contributed by atoms with E-state index in [1.54, 1.807) is 0 Å². The molecular formula is C47H30N2O. The highest BCUT2D eigenvalue weighted by molar-refractivity contribution is 6.12. The molecule has 234 valence electrons. The molecule has 3 heteroatoms. The van der Waals surface area contributed by atoms with Crippen LogP contribution in [0.3, 0.4) is 0 Å². The maximum Gasteiger partial charge on any atom is 0.143 e. The molecule has 0 bridgehead atoms. The van der Waals surface area contributed by atoms with Crippen molar-refractivity contribution >= 4 is 43.7 Å². The van der Waals surface area contributed by atoms with E-state index in [4.69, 9.17) is 9.40 Å². The van der Waals surface area contributed by atoms with Crippen LogP contribution < -0.4 is 0 Å². The molecule has 0 saturated heterocycles. The molecule has 0 unspecified atom stereocenters. The summed E-state index contributed by atoms with van der Waals surface area (Å²) >= 11 is 0. The monoisotopic (exact) mass is 638 g/mol. The second-order valence-electron chi connectivity index (χ2n) is 12.8. The van der Waals surface area contributed by atoms with Gasteiger partial charge < -0.3 is 4.42 Å². The predicted octanol–water partition coefficient (Wildman–Crippen LogP) is 12.7. The Kier molecular flexibility index (Phi) is 6.49. The number of hydrogen-bond donors (Lipinski definition) is 0. The van der Waals surface area contributed by atoms with Crippen LogP contribution in [0.25, 0.3) is 94.2 Å². The number of rotatable bonds is 5. The van der Waals surface area contributed by atoms with Crippen molar-refractivity contribution in [2.24, 2.45) is 0 Å². The summed E-state index contributed by atoms with van der Waals surface area (Å²) in [6, 6.07) is 64.3. The fourth-order valence-corrected chi connectivity index (χ4v) is 7.41. The molecular weight excluding hydrogens is 609 g/mol. The number of hydrogen-bond acceptors (Lipinski definition) is 2. The zero-order valence-electron chi connectivity index (χ0n) is 27.1. The van der Waals surface area contributed by atoms with Crippen molar-refractivity contribution in [3.05, 3.63) is 182 Å². The third kappa shape index (κ3) is 4.63. The van der Waals surface area contributed by atoms with E-state index in [2.05, 4.69) is 168 Å². The van der Waals surface area contributed by atoms with Crippen LogP contribution >= 0.6 is 0 Å². The lowest BCUT2D eigenvalue weighted by Gasteiger charge is -2.14. The zero-order chi connectivity index (χ0) is 33.0. The van der Waals surface area contributed by atoms with E-state index in [0.717, 1.165) is 66.7 Å². The van der Waals surface area contributed by atoms with Crippen molar-refractivity contribution in [3.63, 3.8) is 0 Å². The molecule has 3 heterocycles. The van der Waals surface area contributed by atoms with E-state index < -0.39 is 0 Å². The lowest BCUT2D eigenvalue weighted by atomic mass is 10.0. The Morgan fingerprint density at radius 3 is 1.78 bits per heavy atom. The summed E-state index contributed by atoms with van der Waals surface area (Å²) in [4.78, 5) is 5.41. The minimum Gasteiger partial charge on any atom is -0.455 e. The fraction of sp³-hybridized carbons (Fsp3) is 0. The maximum atomic E-state index is 6.55. The van der Waals surface area contributed by atoms with Crippen LogP contribution in [0.15, 0.2) is 186 Å². The normalized spacial score (nSPS) is 11.6. The number of fused-ring (bicyclic) bond motifs is 6. The Morgan fingerprint density at radius 1 is 0.380 bits per heavy atom. The molecule has 0 spiro atoms. The van der Waals surface area contributed by atoms with E-state index in [1.165, 1.54) is 27.5 Å². The third-order valence-electron chi connectivity index (χ3n) is 9.81. The minimum absolute atomic E-state index is 0.854. The molecule has 7 aromatic carbocycles. The quantitative estimate of drug-likeness (QED) is 0.188. The molecule has 3 nitrogen and oxygen atoms in total. The molecule has 0 aliphatic carbocycles. The first-order chi connectivity index (χ1) is 24.8. The van der Waals surface area contributed by atoms with Crippen molar-refractivity contribution in [1.29, 1.82) is 0 Å². The Labute approximate surface area is 289 Å². The first kappa shape index (κ1) is 28.3. The SMILES string of the molecule is c1ccc(-c2ccc3c(c2)c2ccc(-c4ccccc4)cc2n3-c2cc(-c3cccc4c3oc3ccccc34)cc(-c3ccccc3)n2)cc1. The molecule has 10 rings (SSSR count). The first-order valence-electron chi connectivity index (χ1n) is 17.0. The maximum absolute atomic E-state index is 6.55. The molecule has 0 fully saturated rings. The van der Waals surface area contributed by atoms with Crippen LogP contribution in [0.1, 0.15) is 0 Å². The summed E-state index contributed by atoms with van der Waals surface area (Å²) < 4.78 is 8.88. The van der Waals surface area contributed by atoms with Gasteiger partial charge in [0.25, 0.3) is 0 Å². The average molecular weight is 639 g/mol. The molecule has 0 saturated carbocycles. The highest BCUT2D eigenvalue weighted by Gasteiger charge is 2.19. The van der Waals surface area contributed by atoms with Crippen molar-refractivity contribution in [2.75, 3.05) is 0 Å². The Morgan fingerprint density at radius 2 is 1.02 bits per heavy atom. The van der Waals surface area contributed by atoms with Gasteiger partial charge in [-0.05, 0) is 64.2 Å². The van der Waals surface area contributed by atoms with Gasteiger partial charge in [-0.1, -0.05) is 146 Å². The van der Waals surface area contributed by atoms with Crippen molar-refractivity contribution in [3.8, 4) is 50.5 Å². The van der Waals surface area contributed by atoms with Gasteiger partial charge in [-0.25, -0.2) is 4.98 Å². The van der Waals surface area contributed by atoms with Gasteiger partial charge in [0.05, 0.1) is 16.7 Å². The van der Waals surface area contributed by atoms with E-state index in [0.29, 0.717) is 0 Å². The lowest BCUT2D eigenvalue weighted by molar-refractivity contribution is 0.670.